The van der Waals surface area contributed by atoms with Gasteiger partial charge in [-0.05, 0) is 22.4 Å². The zero-order valence-corrected chi connectivity index (χ0v) is 13.4. The number of ether oxygens (including phenoxy) is 1. The van der Waals surface area contributed by atoms with Crippen molar-refractivity contribution in [2.45, 2.75) is 37.2 Å². The summed E-state index contributed by atoms with van der Waals surface area (Å²) in [6.45, 7) is 2.45. The lowest BCUT2D eigenvalue weighted by molar-refractivity contribution is 0.171. The minimum Gasteiger partial charge on any atom is -0.452 e. The number of sulfonamides is 1. The van der Waals surface area contributed by atoms with Gasteiger partial charge in [-0.1, -0.05) is 13.3 Å². The van der Waals surface area contributed by atoms with Crippen molar-refractivity contribution in [1.29, 1.82) is 0 Å². The third-order valence-electron chi connectivity index (χ3n) is 2.52. The molecule has 19 heavy (non-hydrogen) atoms. The van der Waals surface area contributed by atoms with E-state index < -0.39 is 10.0 Å². The number of halogens is 1. The number of rotatable bonds is 8. The molecule has 0 aliphatic carbocycles. The molecule has 1 heterocycles. The topological polar surface area (TPSA) is 94.6 Å². The Hall–Kier alpha value is -0.410. The van der Waals surface area contributed by atoms with Crippen LogP contribution in [0.1, 0.15) is 25.5 Å². The molecule has 0 saturated carbocycles. The zero-order chi connectivity index (χ0) is 14.5. The lowest BCUT2D eigenvalue weighted by Gasteiger charge is -2.16. The molecule has 1 aromatic rings. The molecule has 8 heteroatoms. The van der Waals surface area contributed by atoms with Crippen molar-refractivity contribution in [3.8, 4) is 0 Å². The van der Waals surface area contributed by atoms with Gasteiger partial charge in [0.25, 0.3) is 0 Å². The van der Waals surface area contributed by atoms with Crippen LogP contribution in [0.25, 0.3) is 0 Å². The Labute approximate surface area is 121 Å². The summed E-state index contributed by atoms with van der Waals surface area (Å²) in [5.74, 6) is 0.408. The quantitative estimate of drug-likeness (QED) is 0.739. The third-order valence-corrected chi connectivity index (χ3v) is 4.90. The molecule has 1 rings (SSSR count). The molecule has 0 spiro atoms. The summed E-state index contributed by atoms with van der Waals surface area (Å²) in [5, 5.41) is 0. The predicted molar refractivity (Wildman–Crippen MR) is 75.2 cm³/mol. The van der Waals surface area contributed by atoms with Crippen molar-refractivity contribution in [3.63, 3.8) is 0 Å². The van der Waals surface area contributed by atoms with Crippen molar-refractivity contribution in [3.05, 3.63) is 16.5 Å². The van der Waals surface area contributed by atoms with Crippen LogP contribution in [0.4, 0.5) is 0 Å². The smallest absolute Gasteiger partial charge is 0.245 e. The average molecular weight is 355 g/mol. The highest BCUT2D eigenvalue weighted by Gasteiger charge is 2.25. The minimum absolute atomic E-state index is 0.0603. The van der Waals surface area contributed by atoms with Crippen molar-refractivity contribution in [2.24, 2.45) is 5.73 Å². The van der Waals surface area contributed by atoms with Gasteiger partial charge >= 0.3 is 0 Å². The Morgan fingerprint density at radius 1 is 1.58 bits per heavy atom. The second kappa shape index (κ2) is 7.39. The van der Waals surface area contributed by atoms with Gasteiger partial charge in [0.05, 0.1) is 13.2 Å². The molecule has 1 atom stereocenters. The van der Waals surface area contributed by atoms with Gasteiger partial charge in [0.2, 0.25) is 10.0 Å². The highest BCUT2D eigenvalue weighted by molar-refractivity contribution is 9.10. The van der Waals surface area contributed by atoms with Crippen LogP contribution in [-0.2, 0) is 21.3 Å². The molecule has 0 aromatic carbocycles. The number of nitrogens with one attached hydrogen (secondary N) is 1. The normalized spacial score (nSPS) is 13.7. The first-order valence-corrected chi connectivity index (χ1v) is 8.21. The van der Waals surface area contributed by atoms with Crippen LogP contribution < -0.4 is 10.5 Å². The van der Waals surface area contributed by atoms with E-state index in [9.17, 15) is 8.42 Å². The Kier molecular flexibility index (Phi) is 6.48. The Bertz CT molecular complexity index is 495. The monoisotopic (exact) mass is 354 g/mol. The summed E-state index contributed by atoms with van der Waals surface area (Å²) >= 11 is 3.09. The van der Waals surface area contributed by atoms with E-state index in [4.69, 9.17) is 14.9 Å². The first-order chi connectivity index (χ1) is 8.94. The van der Waals surface area contributed by atoms with Gasteiger partial charge in [-0.15, -0.1) is 0 Å². The molecule has 0 amide bonds. The Balaban J connectivity index is 2.92. The Morgan fingerprint density at radius 3 is 2.74 bits per heavy atom. The fraction of sp³-hybridized carbons (Fsp3) is 0.636. The number of nitrogens with two attached hydrogens (primary N) is 1. The second-order valence-corrected chi connectivity index (χ2v) is 6.52. The number of hydrogen-bond acceptors (Lipinski definition) is 5. The van der Waals surface area contributed by atoms with Crippen LogP contribution in [0.2, 0.25) is 0 Å². The van der Waals surface area contributed by atoms with Crippen LogP contribution in [0.5, 0.6) is 0 Å². The van der Waals surface area contributed by atoms with E-state index in [1.54, 1.807) is 0 Å². The second-order valence-electron chi connectivity index (χ2n) is 4.12. The SMILES string of the molecule is CCCC(COC)NS(=O)(=O)c1cc(CN)oc1Br. The van der Waals surface area contributed by atoms with Crippen LogP contribution in [-0.4, -0.2) is 28.2 Å². The number of methoxy groups -OCH3 is 1. The van der Waals surface area contributed by atoms with Crippen molar-refractivity contribution in [1.82, 2.24) is 4.72 Å². The lowest BCUT2D eigenvalue weighted by atomic mass is 10.2. The summed E-state index contributed by atoms with van der Waals surface area (Å²) < 4.78 is 37.5. The minimum atomic E-state index is -3.65. The van der Waals surface area contributed by atoms with Crippen molar-refractivity contribution < 1.29 is 17.6 Å². The summed E-state index contributed by atoms with van der Waals surface area (Å²) in [4.78, 5) is 0.0603. The molecule has 0 aliphatic heterocycles. The van der Waals surface area contributed by atoms with E-state index in [2.05, 4.69) is 20.7 Å². The molecule has 1 unspecified atom stereocenters. The Morgan fingerprint density at radius 2 is 2.26 bits per heavy atom. The summed E-state index contributed by atoms with van der Waals surface area (Å²) in [6, 6.07) is 1.16. The van der Waals surface area contributed by atoms with Crippen LogP contribution in [0.15, 0.2) is 20.0 Å². The number of hydrogen-bond donors (Lipinski definition) is 2. The molecule has 6 nitrogen and oxygen atoms in total. The first-order valence-electron chi connectivity index (χ1n) is 5.94. The van der Waals surface area contributed by atoms with E-state index in [1.807, 2.05) is 6.92 Å². The summed E-state index contributed by atoms with van der Waals surface area (Å²) in [7, 11) is -2.11. The van der Waals surface area contributed by atoms with Gasteiger partial charge < -0.3 is 14.9 Å². The highest BCUT2D eigenvalue weighted by Crippen LogP contribution is 2.26. The summed E-state index contributed by atoms with van der Waals surface area (Å²) in [5.41, 5.74) is 5.42. The lowest BCUT2D eigenvalue weighted by Crippen LogP contribution is -2.37. The predicted octanol–water partition coefficient (Wildman–Crippen LogP) is 1.59. The fourth-order valence-corrected chi connectivity index (χ4v) is 3.94. The maximum Gasteiger partial charge on any atom is 0.245 e. The molecule has 0 fully saturated rings. The first kappa shape index (κ1) is 16.6. The van der Waals surface area contributed by atoms with E-state index in [-0.39, 0.29) is 22.2 Å². The van der Waals surface area contributed by atoms with Gasteiger partial charge in [-0.3, -0.25) is 0 Å². The fourth-order valence-electron chi connectivity index (χ4n) is 1.69. The van der Waals surface area contributed by atoms with E-state index in [0.29, 0.717) is 18.8 Å². The molecular weight excluding hydrogens is 336 g/mol. The van der Waals surface area contributed by atoms with Gasteiger partial charge in [-0.25, -0.2) is 13.1 Å². The van der Waals surface area contributed by atoms with Gasteiger partial charge in [0, 0.05) is 19.2 Å². The molecule has 0 saturated heterocycles. The van der Waals surface area contributed by atoms with Crippen molar-refractivity contribution in [2.75, 3.05) is 13.7 Å². The van der Waals surface area contributed by atoms with Crippen molar-refractivity contribution >= 4 is 26.0 Å². The van der Waals surface area contributed by atoms with Gasteiger partial charge in [-0.2, -0.15) is 0 Å². The van der Waals surface area contributed by atoms with Gasteiger partial charge in [0.15, 0.2) is 4.67 Å². The summed E-state index contributed by atoms with van der Waals surface area (Å²) in [6.07, 6.45) is 1.56. The van der Waals surface area contributed by atoms with E-state index >= 15 is 0 Å². The molecule has 1 aromatic heterocycles. The maximum atomic E-state index is 12.2. The molecular formula is C11H19BrN2O4S. The zero-order valence-electron chi connectivity index (χ0n) is 11.0. The standard InChI is InChI=1S/C11H19BrN2O4S/c1-3-4-8(7-17-2)14-19(15,16)10-5-9(6-13)18-11(10)12/h5,8,14H,3-4,6-7,13H2,1-2H3. The van der Waals surface area contributed by atoms with Crippen LogP contribution >= 0.6 is 15.9 Å². The van der Waals surface area contributed by atoms with Crippen LogP contribution in [0.3, 0.4) is 0 Å². The maximum absolute atomic E-state index is 12.2. The van der Waals surface area contributed by atoms with E-state index in [1.165, 1.54) is 13.2 Å². The largest absolute Gasteiger partial charge is 0.452 e. The molecule has 0 bridgehead atoms. The third kappa shape index (κ3) is 4.57. The van der Waals surface area contributed by atoms with Gasteiger partial charge in [0.1, 0.15) is 10.7 Å². The number of furan rings is 1. The molecule has 110 valence electrons. The molecule has 0 radical (unpaired) electrons. The van der Waals surface area contributed by atoms with Crippen LogP contribution in [0, 0.1) is 0 Å². The highest BCUT2D eigenvalue weighted by atomic mass is 79.9. The molecule has 3 N–H and O–H groups in total. The average Bonchev–Trinajstić information content (AvgIpc) is 2.71. The molecule has 0 aliphatic rings. The van der Waals surface area contributed by atoms with E-state index in [0.717, 1.165) is 6.42 Å².